The summed E-state index contributed by atoms with van der Waals surface area (Å²) in [5.74, 6) is -1.16. The molecule has 0 radical (unpaired) electrons. The zero-order chi connectivity index (χ0) is 23.5. The number of amides is 1. The Labute approximate surface area is 192 Å². The number of nitrogens with zero attached hydrogens (tertiary/aromatic N) is 3. The molecule has 1 aromatic heterocycles. The molecule has 0 aliphatic carbocycles. The van der Waals surface area contributed by atoms with Gasteiger partial charge in [-0.3, -0.25) is 9.69 Å². The van der Waals surface area contributed by atoms with E-state index in [0.717, 1.165) is 6.26 Å². The van der Waals surface area contributed by atoms with Crippen molar-refractivity contribution in [3.63, 3.8) is 0 Å². The molecular weight excluding hydrogens is 503 g/mol. The Hall–Kier alpha value is -3.23. The molecule has 0 saturated heterocycles. The third kappa shape index (κ3) is 5.52. The average Bonchev–Trinajstić information content (AvgIpc) is 3.18. The number of aromatic nitrogens is 1. The third-order valence-corrected chi connectivity index (χ3v) is 5.56. The van der Waals surface area contributed by atoms with E-state index in [9.17, 15) is 17.6 Å². The first kappa shape index (κ1) is 23.4. The van der Waals surface area contributed by atoms with Crippen LogP contribution < -0.4 is 9.62 Å². The minimum atomic E-state index is -3.80. The number of oxazole rings is 1. The molecule has 3 rings (SSSR count). The number of anilines is 2. The van der Waals surface area contributed by atoms with Gasteiger partial charge in [0, 0.05) is 12.1 Å². The number of carbonyl (C=O) groups is 1. The summed E-state index contributed by atoms with van der Waals surface area (Å²) in [4.78, 5) is 18.2. The standard InChI is InChI=1S/C21H18BrFN4O4S/c1-3-18-19(20(28)26-32(2,29)30)25-21(31-18)27(15-7-4-13(11-24)5-8-15)12-14-6-9-16(22)17(23)10-14/h4-10H,3,12H2,1-2H3,(H,26,28). The number of hydrogen-bond donors (Lipinski definition) is 1. The Balaban J connectivity index is 2.07. The van der Waals surface area contributed by atoms with E-state index >= 15 is 0 Å². The van der Waals surface area contributed by atoms with E-state index in [1.54, 1.807) is 48.2 Å². The molecule has 3 aromatic rings. The lowest BCUT2D eigenvalue weighted by Gasteiger charge is -2.21. The largest absolute Gasteiger partial charge is 0.428 e. The van der Waals surface area contributed by atoms with Gasteiger partial charge in [0.05, 0.1) is 28.9 Å². The molecule has 166 valence electrons. The molecule has 8 nitrogen and oxygen atoms in total. The van der Waals surface area contributed by atoms with E-state index in [1.807, 2.05) is 10.8 Å². The monoisotopic (exact) mass is 520 g/mol. The van der Waals surface area contributed by atoms with Crippen LogP contribution in [0.15, 0.2) is 51.4 Å². The lowest BCUT2D eigenvalue weighted by molar-refractivity contribution is 0.0975. The van der Waals surface area contributed by atoms with Crippen molar-refractivity contribution in [3.8, 4) is 6.07 Å². The van der Waals surface area contributed by atoms with Crippen LogP contribution >= 0.6 is 15.9 Å². The van der Waals surface area contributed by atoms with Gasteiger partial charge < -0.3 is 4.42 Å². The molecule has 0 aliphatic heterocycles. The molecule has 0 spiro atoms. The smallest absolute Gasteiger partial charge is 0.303 e. The highest BCUT2D eigenvalue weighted by molar-refractivity contribution is 9.10. The molecule has 0 unspecified atom stereocenters. The molecule has 0 atom stereocenters. The van der Waals surface area contributed by atoms with Gasteiger partial charge in [0.25, 0.3) is 5.91 Å². The minimum Gasteiger partial charge on any atom is -0.428 e. The predicted molar refractivity (Wildman–Crippen MR) is 119 cm³/mol. The van der Waals surface area contributed by atoms with Crippen LogP contribution in [0.3, 0.4) is 0 Å². The summed E-state index contributed by atoms with van der Waals surface area (Å²) in [6.07, 6.45) is 1.15. The Kier molecular flexibility index (Phi) is 6.96. The number of rotatable bonds is 7. The second-order valence-electron chi connectivity index (χ2n) is 6.82. The van der Waals surface area contributed by atoms with Crippen molar-refractivity contribution in [3.05, 3.63) is 75.3 Å². The lowest BCUT2D eigenvalue weighted by atomic mass is 10.1. The Morgan fingerprint density at radius 2 is 1.97 bits per heavy atom. The van der Waals surface area contributed by atoms with E-state index < -0.39 is 21.7 Å². The molecule has 1 amide bonds. The van der Waals surface area contributed by atoms with Gasteiger partial charge in [-0.2, -0.15) is 10.2 Å². The van der Waals surface area contributed by atoms with Crippen LogP contribution in [0.2, 0.25) is 0 Å². The highest BCUT2D eigenvalue weighted by Gasteiger charge is 2.25. The van der Waals surface area contributed by atoms with E-state index in [1.165, 1.54) is 6.07 Å². The topological polar surface area (TPSA) is 116 Å². The zero-order valence-electron chi connectivity index (χ0n) is 17.1. The van der Waals surface area contributed by atoms with E-state index in [0.29, 0.717) is 21.3 Å². The molecule has 0 fully saturated rings. The van der Waals surface area contributed by atoms with Crippen LogP contribution in [0.5, 0.6) is 0 Å². The van der Waals surface area contributed by atoms with Gasteiger partial charge in [0.1, 0.15) is 11.6 Å². The van der Waals surface area contributed by atoms with E-state index in [-0.39, 0.29) is 30.4 Å². The van der Waals surface area contributed by atoms with Gasteiger partial charge in [0.2, 0.25) is 10.0 Å². The molecule has 0 saturated carbocycles. The fraction of sp³-hybridized carbons (Fsp3) is 0.190. The highest BCUT2D eigenvalue weighted by Crippen LogP contribution is 2.30. The van der Waals surface area contributed by atoms with E-state index in [2.05, 4.69) is 20.9 Å². The molecule has 0 bridgehead atoms. The van der Waals surface area contributed by atoms with Crippen molar-refractivity contribution < 1.29 is 22.0 Å². The van der Waals surface area contributed by atoms with Crippen molar-refractivity contribution in [1.82, 2.24) is 9.71 Å². The van der Waals surface area contributed by atoms with Crippen molar-refractivity contribution in [2.75, 3.05) is 11.2 Å². The Morgan fingerprint density at radius 3 is 2.53 bits per heavy atom. The first-order valence-corrected chi connectivity index (χ1v) is 12.0. The van der Waals surface area contributed by atoms with Gasteiger partial charge in [-0.1, -0.05) is 13.0 Å². The molecule has 11 heteroatoms. The summed E-state index contributed by atoms with van der Waals surface area (Å²) in [6.45, 7) is 1.87. The van der Waals surface area contributed by atoms with Gasteiger partial charge in [-0.05, 0) is 57.9 Å². The maximum absolute atomic E-state index is 14.1. The third-order valence-electron chi connectivity index (χ3n) is 4.36. The summed E-state index contributed by atoms with van der Waals surface area (Å²) in [5.41, 5.74) is 1.45. The normalized spacial score (nSPS) is 11.1. The molecule has 32 heavy (non-hydrogen) atoms. The van der Waals surface area contributed by atoms with Crippen LogP contribution in [-0.4, -0.2) is 25.6 Å². The van der Waals surface area contributed by atoms with Crippen LogP contribution in [0, 0.1) is 17.1 Å². The van der Waals surface area contributed by atoms with Gasteiger partial charge >= 0.3 is 6.01 Å². The van der Waals surface area contributed by atoms with Crippen molar-refractivity contribution in [2.45, 2.75) is 19.9 Å². The first-order chi connectivity index (χ1) is 15.1. The van der Waals surface area contributed by atoms with Crippen molar-refractivity contribution in [1.29, 1.82) is 5.26 Å². The highest BCUT2D eigenvalue weighted by atomic mass is 79.9. The SMILES string of the molecule is CCc1oc(N(Cc2ccc(Br)c(F)c2)c2ccc(C#N)cc2)nc1C(=O)NS(C)(=O)=O. The second kappa shape index (κ2) is 9.50. The maximum Gasteiger partial charge on any atom is 0.303 e. The molecule has 1 heterocycles. The number of nitriles is 1. The van der Waals surface area contributed by atoms with Crippen LogP contribution in [-0.2, 0) is 23.0 Å². The van der Waals surface area contributed by atoms with Gasteiger partial charge in [-0.25, -0.2) is 17.5 Å². The summed E-state index contributed by atoms with van der Waals surface area (Å²) < 4.78 is 45.0. The van der Waals surface area contributed by atoms with Crippen LogP contribution in [0.1, 0.15) is 34.3 Å². The quantitative estimate of drug-likeness (QED) is 0.499. The molecular formula is C21H18BrFN4O4S. The summed E-state index contributed by atoms with van der Waals surface area (Å²) >= 11 is 3.12. The van der Waals surface area contributed by atoms with E-state index in [4.69, 9.17) is 9.68 Å². The lowest BCUT2D eigenvalue weighted by Crippen LogP contribution is -2.30. The number of hydrogen-bond acceptors (Lipinski definition) is 7. The minimum absolute atomic E-state index is 0.0218. The average molecular weight is 521 g/mol. The summed E-state index contributed by atoms with van der Waals surface area (Å²) in [6, 6.07) is 13.2. The Bertz CT molecular complexity index is 1300. The van der Waals surface area contributed by atoms with Crippen LogP contribution in [0.25, 0.3) is 0 Å². The number of sulfonamides is 1. The fourth-order valence-electron chi connectivity index (χ4n) is 2.89. The summed E-state index contributed by atoms with van der Waals surface area (Å²) in [5, 5.41) is 9.07. The number of benzene rings is 2. The first-order valence-electron chi connectivity index (χ1n) is 9.34. The Morgan fingerprint density at radius 1 is 1.28 bits per heavy atom. The molecule has 2 aromatic carbocycles. The summed E-state index contributed by atoms with van der Waals surface area (Å²) in [7, 11) is -3.80. The number of halogens is 2. The number of nitrogens with one attached hydrogen (secondary N) is 1. The second-order valence-corrected chi connectivity index (χ2v) is 9.42. The molecule has 0 aliphatic rings. The molecule has 1 N–H and O–H groups in total. The maximum atomic E-state index is 14.1. The fourth-order valence-corrected chi connectivity index (χ4v) is 3.57. The van der Waals surface area contributed by atoms with Crippen molar-refractivity contribution in [2.24, 2.45) is 0 Å². The number of carbonyl (C=O) groups excluding carboxylic acids is 1. The van der Waals surface area contributed by atoms with Gasteiger partial charge in [0.15, 0.2) is 5.69 Å². The van der Waals surface area contributed by atoms with Gasteiger partial charge in [-0.15, -0.1) is 0 Å². The predicted octanol–water partition coefficient (Wildman–Crippen LogP) is 4.04. The van der Waals surface area contributed by atoms with Crippen molar-refractivity contribution >= 4 is 43.6 Å². The van der Waals surface area contributed by atoms with Crippen LogP contribution in [0.4, 0.5) is 16.1 Å². The zero-order valence-corrected chi connectivity index (χ0v) is 19.5. The number of aryl methyl sites for hydroxylation is 1.